The average Bonchev–Trinajstić information content (AvgIpc) is 2.78. The molecule has 2 aromatic carbocycles. The maximum absolute atomic E-state index is 12.4. The Kier molecular flexibility index (Phi) is 5.69. The van der Waals surface area contributed by atoms with Gasteiger partial charge in [-0.05, 0) is 73.5 Å². The predicted octanol–water partition coefficient (Wildman–Crippen LogP) is 5.30. The first-order valence-electron chi connectivity index (χ1n) is 10.2. The molecular weight excluding hydrogens is 404 g/mol. The Hall–Kier alpha value is -4.06. The fourth-order valence-corrected chi connectivity index (χ4v) is 3.37. The lowest BCUT2D eigenvalue weighted by atomic mass is 9.94. The van der Waals surface area contributed by atoms with Gasteiger partial charge in [0.25, 0.3) is 0 Å². The van der Waals surface area contributed by atoms with Crippen LogP contribution in [0, 0.1) is 0 Å². The van der Waals surface area contributed by atoms with Crippen molar-refractivity contribution in [3.05, 3.63) is 78.0 Å². The molecule has 0 bridgehead atoms. The molecule has 0 atom stereocenters. The number of fused-ring (bicyclic) bond motifs is 1. The molecular formula is C26H24N2O4. The standard InChI is InChI=1S/C26H24N2O4/c1-26(2)13-12-19-14-17(4-11-24(30)28-23-10-9-21(31-3)16-27-23)15-22(25(19)32-26)18-5-7-20(29)8-6-18/h4-16,29H,1-3H3,(H,27,28,30)/b11-4+. The molecule has 6 nitrogen and oxygen atoms in total. The molecule has 6 heteroatoms. The normalized spacial score (nSPS) is 14.0. The molecule has 0 unspecified atom stereocenters. The number of rotatable bonds is 5. The summed E-state index contributed by atoms with van der Waals surface area (Å²) in [7, 11) is 1.56. The van der Waals surface area contributed by atoms with E-state index in [1.807, 2.05) is 50.3 Å². The Morgan fingerprint density at radius 1 is 1.16 bits per heavy atom. The monoisotopic (exact) mass is 428 g/mol. The second-order valence-corrected chi connectivity index (χ2v) is 7.98. The predicted molar refractivity (Wildman–Crippen MR) is 126 cm³/mol. The number of aromatic hydroxyl groups is 1. The largest absolute Gasteiger partial charge is 0.508 e. The summed E-state index contributed by atoms with van der Waals surface area (Å²) in [5, 5.41) is 12.4. The van der Waals surface area contributed by atoms with E-state index in [-0.39, 0.29) is 11.7 Å². The van der Waals surface area contributed by atoms with Crippen LogP contribution in [-0.2, 0) is 4.79 Å². The van der Waals surface area contributed by atoms with Crippen molar-refractivity contribution in [1.29, 1.82) is 0 Å². The van der Waals surface area contributed by atoms with Gasteiger partial charge >= 0.3 is 0 Å². The lowest BCUT2D eigenvalue weighted by molar-refractivity contribution is -0.111. The van der Waals surface area contributed by atoms with E-state index in [4.69, 9.17) is 9.47 Å². The smallest absolute Gasteiger partial charge is 0.249 e. The number of phenols is 1. The van der Waals surface area contributed by atoms with E-state index >= 15 is 0 Å². The van der Waals surface area contributed by atoms with Crippen LogP contribution in [-0.4, -0.2) is 28.7 Å². The van der Waals surface area contributed by atoms with Gasteiger partial charge in [0.2, 0.25) is 5.91 Å². The van der Waals surface area contributed by atoms with Crippen molar-refractivity contribution < 1.29 is 19.4 Å². The summed E-state index contributed by atoms with van der Waals surface area (Å²) in [5.41, 5.74) is 3.13. The van der Waals surface area contributed by atoms with Crippen LogP contribution in [0.5, 0.6) is 17.2 Å². The van der Waals surface area contributed by atoms with Crippen LogP contribution >= 0.6 is 0 Å². The van der Waals surface area contributed by atoms with Crippen LogP contribution in [0.2, 0.25) is 0 Å². The first-order chi connectivity index (χ1) is 15.3. The van der Waals surface area contributed by atoms with Crippen molar-refractivity contribution in [2.24, 2.45) is 0 Å². The van der Waals surface area contributed by atoms with Crippen molar-refractivity contribution in [3.8, 4) is 28.4 Å². The van der Waals surface area contributed by atoms with Crippen LogP contribution in [0.1, 0.15) is 25.0 Å². The third-order valence-electron chi connectivity index (χ3n) is 5.00. The van der Waals surface area contributed by atoms with E-state index in [9.17, 15) is 9.90 Å². The first kappa shape index (κ1) is 21.2. The summed E-state index contributed by atoms with van der Waals surface area (Å²) in [4.78, 5) is 16.5. The van der Waals surface area contributed by atoms with Gasteiger partial charge in [0.05, 0.1) is 13.3 Å². The number of nitrogens with one attached hydrogen (secondary N) is 1. The van der Waals surface area contributed by atoms with Crippen LogP contribution in [0.4, 0.5) is 5.82 Å². The Labute approximate surface area is 186 Å². The molecule has 0 saturated carbocycles. The Morgan fingerprint density at radius 3 is 2.62 bits per heavy atom. The zero-order chi connectivity index (χ0) is 22.7. The average molecular weight is 428 g/mol. The van der Waals surface area contributed by atoms with E-state index in [1.54, 1.807) is 43.6 Å². The van der Waals surface area contributed by atoms with Crippen LogP contribution in [0.3, 0.4) is 0 Å². The Bertz CT molecular complexity index is 1190. The van der Waals surface area contributed by atoms with Crippen molar-refractivity contribution >= 4 is 23.9 Å². The minimum atomic E-state index is -0.429. The highest BCUT2D eigenvalue weighted by Gasteiger charge is 2.25. The second-order valence-electron chi connectivity index (χ2n) is 7.98. The number of carbonyl (C=O) groups is 1. The van der Waals surface area contributed by atoms with Gasteiger partial charge in [-0.2, -0.15) is 0 Å². The fraction of sp³-hybridized carbons (Fsp3) is 0.154. The second kappa shape index (κ2) is 8.59. The maximum Gasteiger partial charge on any atom is 0.249 e. The molecule has 4 rings (SSSR count). The molecule has 1 aliphatic heterocycles. The molecule has 0 saturated heterocycles. The van der Waals surface area contributed by atoms with E-state index in [1.165, 1.54) is 6.08 Å². The van der Waals surface area contributed by atoms with Gasteiger partial charge in [-0.25, -0.2) is 4.98 Å². The fourth-order valence-electron chi connectivity index (χ4n) is 3.37. The Morgan fingerprint density at radius 2 is 1.94 bits per heavy atom. The van der Waals surface area contributed by atoms with Gasteiger partial charge in [0.1, 0.15) is 28.7 Å². The molecule has 162 valence electrons. The quantitative estimate of drug-likeness (QED) is 0.539. The number of aromatic nitrogens is 1. The SMILES string of the molecule is COc1ccc(NC(=O)/C=C/c2cc3c(c(-c4ccc(O)cc4)c2)OC(C)(C)C=C3)nc1. The molecule has 3 aromatic rings. The van der Waals surface area contributed by atoms with Gasteiger partial charge in [0, 0.05) is 17.2 Å². The van der Waals surface area contributed by atoms with Crippen molar-refractivity contribution in [2.75, 3.05) is 12.4 Å². The summed E-state index contributed by atoms with van der Waals surface area (Å²) < 4.78 is 11.3. The van der Waals surface area contributed by atoms with Crippen LogP contribution < -0.4 is 14.8 Å². The molecule has 0 spiro atoms. The topological polar surface area (TPSA) is 80.7 Å². The number of amides is 1. The molecule has 1 aliphatic rings. The number of ether oxygens (including phenoxy) is 2. The van der Waals surface area contributed by atoms with Crippen molar-refractivity contribution in [2.45, 2.75) is 19.4 Å². The number of pyridine rings is 1. The molecule has 0 aliphatic carbocycles. The summed E-state index contributed by atoms with van der Waals surface area (Å²) in [6.45, 7) is 4.00. The van der Waals surface area contributed by atoms with Gasteiger partial charge in [-0.3, -0.25) is 4.79 Å². The Balaban J connectivity index is 1.63. The summed E-state index contributed by atoms with van der Waals surface area (Å²) >= 11 is 0. The summed E-state index contributed by atoms with van der Waals surface area (Å²) in [5.74, 6) is 1.73. The lowest BCUT2D eigenvalue weighted by Gasteiger charge is -2.30. The summed E-state index contributed by atoms with van der Waals surface area (Å²) in [6.07, 6.45) is 8.79. The number of benzene rings is 2. The number of hydrogen-bond acceptors (Lipinski definition) is 5. The molecule has 1 amide bonds. The van der Waals surface area contributed by atoms with Gasteiger partial charge in [0.15, 0.2) is 0 Å². The minimum Gasteiger partial charge on any atom is -0.508 e. The number of carbonyl (C=O) groups excluding carboxylic acids is 1. The molecule has 2 heterocycles. The number of phenolic OH excluding ortho intramolecular Hbond substituents is 1. The summed E-state index contributed by atoms with van der Waals surface area (Å²) in [6, 6.07) is 14.3. The van der Waals surface area contributed by atoms with Crippen LogP contribution in [0.15, 0.2) is 66.9 Å². The number of hydrogen-bond donors (Lipinski definition) is 2. The molecule has 2 N–H and O–H groups in total. The zero-order valence-electron chi connectivity index (χ0n) is 18.1. The highest BCUT2D eigenvalue weighted by atomic mass is 16.5. The van der Waals surface area contributed by atoms with Crippen molar-refractivity contribution in [3.63, 3.8) is 0 Å². The minimum absolute atomic E-state index is 0.198. The van der Waals surface area contributed by atoms with E-state index in [0.29, 0.717) is 11.6 Å². The van der Waals surface area contributed by atoms with E-state index < -0.39 is 5.60 Å². The third-order valence-corrected chi connectivity index (χ3v) is 5.00. The molecule has 0 fully saturated rings. The van der Waals surface area contributed by atoms with Crippen molar-refractivity contribution in [1.82, 2.24) is 4.98 Å². The van der Waals surface area contributed by atoms with Crippen LogP contribution in [0.25, 0.3) is 23.3 Å². The zero-order valence-corrected chi connectivity index (χ0v) is 18.1. The molecule has 0 radical (unpaired) electrons. The van der Waals surface area contributed by atoms with E-state index in [0.717, 1.165) is 28.0 Å². The van der Waals surface area contributed by atoms with E-state index in [2.05, 4.69) is 10.3 Å². The maximum atomic E-state index is 12.4. The lowest BCUT2D eigenvalue weighted by Crippen LogP contribution is -2.27. The van der Waals surface area contributed by atoms with Gasteiger partial charge in [-0.15, -0.1) is 0 Å². The van der Waals surface area contributed by atoms with Gasteiger partial charge < -0.3 is 19.9 Å². The number of methoxy groups -OCH3 is 1. The third kappa shape index (κ3) is 4.81. The molecule has 1 aromatic heterocycles. The highest BCUT2D eigenvalue weighted by molar-refractivity contribution is 6.01. The van der Waals surface area contributed by atoms with Gasteiger partial charge in [-0.1, -0.05) is 18.2 Å². The number of nitrogens with zero attached hydrogens (tertiary/aromatic N) is 1. The highest BCUT2D eigenvalue weighted by Crippen LogP contribution is 2.41. The number of anilines is 1. The first-order valence-corrected chi connectivity index (χ1v) is 10.2. The molecule has 32 heavy (non-hydrogen) atoms.